The summed E-state index contributed by atoms with van der Waals surface area (Å²) in [6.07, 6.45) is -2.88. The van der Waals surface area contributed by atoms with Gasteiger partial charge in [-0.1, -0.05) is 12.2 Å². The smallest absolute Gasteiger partial charge is 0.255 e. The number of halogens is 2. The summed E-state index contributed by atoms with van der Waals surface area (Å²) < 4.78 is 23.9. The number of aliphatic hydroxyl groups excluding tert-OH is 1. The van der Waals surface area contributed by atoms with Crippen molar-refractivity contribution in [2.75, 3.05) is 19.7 Å². The standard InChI is InChI=1S/C7H12F2N2O2S/c8-5(9)4-11(1-2-12)7(13)3-6(10)14/h5,12H,1-4H2,(H2,10,14). The minimum absolute atomic E-state index is 0.0489. The zero-order valence-electron chi connectivity index (χ0n) is 7.45. The monoisotopic (exact) mass is 226 g/mol. The second-order valence-corrected chi connectivity index (χ2v) is 3.12. The Balaban J connectivity index is 4.17. The first kappa shape index (κ1) is 13.2. The van der Waals surface area contributed by atoms with Gasteiger partial charge in [-0.25, -0.2) is 8.78 Å². The number of amides is 1. The molecule has 0 spiro atoms. The lowest BCUT2D eigenvalue weighted by Crippen LogP contribution is -2.38. The van der Waals surface area contributed by atoms with Gasteiger partial charge in [-0.05, 0) is 0 Å². The van der Waals surface area contributed by atoms with Gasteiger partial charge in [-0.3, -0.25) is 4.79 Å². The Morgan fingerprint density at radius 1 is 1.57 bits per heavy atom. The highest BCUT2D eigenvalue weighted by Gasteiger charge is 2.17. The molecule has 0 unspecified atom stereocenters. The average molecular weight is 226 g/mol. The van der Waals surface area contributed by atoms with Crippen molar-refractivity contribution in [3.05, 3.63) is 0 Å². The largest absolute Gasteiger partial charge is 0.395 e. The van der Waals surface area contributed by atoms with Crippen LogP contribution in [0.1, 0.15) is 6.42 Å². The van der Waals surface area contributed by atoms with Gasteiger partial charge in [0.2, 0.25) is 5.91 Å². The molecule has 0 atom stereocenters. The van der Waals surface area contributed by atoms with E-state index in [-0.39, 0.29) is 24.6 Å². The highest BCUT2D eigenvalue weighted by molar-refractivity contribution is 7.80. The maximum atomic E-state index is 12.0. The Morgan fingerprint density at radius 2 is 2.14 bits per heavy atom. The molecule has 7 heteroatoms. The lowest BCUT2D eigenvalue weighted by molar-refractivity contribution is -0.132. The Kier molecular flexibility index (Phi) is 6.22. The number of carbonyl (C=O) groups is 1. The van der Waals surface area contributed by atoms with Crippen molar-refractivity contribution in [2.45, 2.75) is 12.8 Å². The quantitative estimate of drug-likeness (QED) is 0.613. The van der Waals surface area contributed by atoms with Crippen molar-refractivity contribution in [3.63, 3.8) is 0 Å². The maximum Gasteiger partial charge on any atom is 0.255 e. The van der Waals surface area contributed by atoms with Crippen LogP contribution in [-0.4, -0.2) is 47.0 Å². The molecule has 0 fully saturated rings. The van der Waals surface area contributed by atoms with Gasteiger partial charge in [0.15, 0.2) is 0 Å². The molecule has 0 aromatic heterocycles. The van der Waals surface area contributed by atoms with E-state index < -0.39 is 18.9 Å². The summed E-state index contributed by atoms with van der Waals surface area (Å²) in [5.74, 6) is -0.591. The van der Waals surface area contributed by atoms with Crippen molar-refractivity contribution in [3.8, 4) is 0 Å². The second kappa shape index (κ2) is 6.61. The van der Waals surface area contributed by atoms with Crippen molar-refractivity contribution in [1.29, 1.82) is 0 Å². The molecule has 1 amide bonds. The minimum Gasteiger partial charge on any atom is -0.395 e. The summed E-state index contributed by atoms with van der Waals surface area (Å²) in [4.78, 5) is 12.0. The van der Waals surface area contributed by atoms with E-state index in [4.69, 9.17) is 10.8 Å². The second-order valence-electron chi connectivity index (χ2n) is 2.60. The van der Waals surface area contributed by atoms with Crippen LogP contribution >= 0.6 is 12.2 Å². The molecule has 82 valence electrons. The summed E-state index contributed by atoms with van der Waals surface area (Å²) >= 11 is 4.47. The molecule has 3 N–H and O–H groups in total. The third-order valence-electron chi connectivity index (χ3n) is 1.41. The lowest BCUT2D eigenvalue weighted by atomic mass is 10.3. The predicted octanol–water partition coefficient (Wildman–Crippen LogP) is -0.251. The summed E-state index contributed by atoms with van der Waals surface area (Å²) in [7, 11) is 0. The molecular formula is C7H12F2N2O2S. The van der Waals surface area contributed by atoms with Crippen LogP contribution < -0.4 is 5.73 Å². The van der Waals surface area contributed by atoms with Gasteiger partial charge in [0.05, 0.1) is 24.6 Å². The molecule has 0 aromatic carbocycles. The zero-order chi connectivity index (χ0) is 11.1. The first-order valence-corrected chi connectivity index (χ1v) is 4.33. The van der Waals surface area contributed by atoms with Crippen LogP contribution in [0.15, 0.2) is 0 Å². The van der Waals surface area contributed by atoms with E-state index in [1.165, 1.54) is 0 Å². The molecule has 4 nitrogen and oxygen atoms in total. The van der Waals surface area contributed by atoms with Crippen LogP contribution in [0, 0.1) is 0 Å². The number of nitrogens with zero attached hydrogens (tertiary/aromatic N) is 1. The van der Waals surface area contributed by atoms with Gasteiger partial charge in [0.1, 0.15) is 0 Å². The highest BCUT2D eigenvalue weighted by Crippen LogP contribution is 2.01. The van der Waals surface area contributed by atoms with E-state index in [0.29, 0.717) is 0 Å². The fraction of sp³-hybridized carbons (Fsp3) is 0.714. The molecule has 14 heavy (non-hydrogen) atoms. The molecule has 0 aromatic rings. The van der Waals surface area contributed by atoms with Crippen LogP contribution in [-0.2, 0) is 4.79 Å². The first-order chi connectivity index (χ1) is 6.47. The predicted molar refractivity (Wildman–Crippen MR) is 51.1 cm³/mol. The maximum absolute atomic E-state index is 12.0. The van der Waals surface area contributed by atoms with E-state index in [0.717, 1.165) is 4.90 Å². The third-order valence-corrected chi connectivity index (χ3v) is 1.55. The number of rotatable bonds is 6. The molecule has 0 bridgehead atoms. The summed E-state index contributed by atoms with van der Waals surface area (Å²) in [6.45, 7) is -1.20. The Hall–Kier alpha value is -0.820. The molecule has 0 radical (unpaired) electrons. The van der Waals surface area contributed by atoms with Crippen LogP contribution in [0.2, 0.25) is 0 Å². The Bertz CT molecular complexity index is 214. The van der Waals surface area contributed by atoms with Crippen molar-refractivity contribution >= 4 is 23.1 Å². The summed E-state index contributed by atoms with van der Waals surface area (Å²) in [5, 5.41) is 8.53. The van der Waals surface area contributed by atoms with E-state index in [1.807, 2.05) is 0 Å². The molecular weight excluding hydrogens is 214 g/mol. The van der Waals surface area contributed by atoms with Crippen LogP contribution in [0.3, 0.4) is 0 Å². The fourth-order valence-corrected chi connectivity index (χ4v) is 0.989. The van der Waals surface area contributed by atoms with E-state index >= 15 is 0 Å². The van der Waals surface area contributed by atoms with Gasteiger partial charge in [0, 0.05) is 6.54 Å². The van der Waals surface area contributed by atoms with Gasteiger partial charge < -0.3 is 15.7 Å². The fourth-order valence-electron chi connectivity index (χ4n) is 0.866. The van der Waals surface area contributed by atoms with E-state index in [9.17, 15) is 13.6 Å². The van der Waals surface area contributed by atoms with Gasteiger partial charge in [0.25, 0.3) is 6.43 Å². The van der Waals surface area contributed by atoms with Crippen LogP contribution in [0.25, 0.3) is 0 Å². The SMILES string of the molecule is NC(=S)CC(=O)N(CCO)CC(F)F. The topological polar surface area (TPSA) is 66.6 Å². The number of hydrogen-bond acceptors (Lipinski definition) is 3. The number of aliphatic hydroxyl groups is 1. The van der Waals surface area contributed by atoms with Crippen LogP contribution in [0.5, 0.6) is 0 Å². The Morgan fingerprint density at radius 3 is 2.50 bits per heavy atom. The molecule has 0 saturated heterocycles. The minimum atomic E-state index is -2.63. The van der Waals surface area contributed by atoms with E-state index in [1.54, 1.807) is 0 Å². The first-order valence-electron chi connectivity index (χ1n) is 3.92. The molecule has 0 rings (SSSR count). The van der Waals surface area contributed by atoms with Crippen molar-refractivity contribution in [1.82, 2.24) is 4.90 Å². The zero-order valence-corrected chi connectivity index (χ0v) is 8.27. The van der Waals surface area contributed by atoms with Gasteiger partial charge in [-0.15, -0.1) is 0 Å². The number of carbonyl (C=O) groups excluding carboxylic acids is 1. The normalized spacial score (nSPS) is 10.3. The number of alkyl halides is 2. The number of nitrogens with two attached hydrogens (primary N) is 1. The molecule has 0 saturated carbocycles. The average Bonchev–Trinajstić information content (AvgIpc) is 2.01. The third kappa shape index (κ3) is 5.76. The molecule has 0 aliphatic carbocycles. The van der Waals surface area contributed by atoms with Crippen molar-refractivity contribution in [2.24, 2.45) is 5.73 Å². The summed E-state index contributed by atoms with van der Waals surface area (Å²) in [5.41, 5.74) is 5.09. The highest BCUT2D eigenvalue weighted by atomic mass is 32.1. The lowest BCUT2D eigenvalue weighted by Gasteiger charge is -2.20. The molecule has 0 heterocycles. The Labute approximate surface area is 85.7 Å². The van der Waals surface area contributed by atoms with Crippen LogP contribution in [0.4, 0.5) is 8.78 Å². The molecule has 0 aliphatic heterocycles. The number of hydrogen-bond donors (Lipinski definition) is 2. The van der Waals surface area contributed by atoms with Gasteiger partial charge in [-0.2, -0.15) is 0 Å². The summed E-state index contributed by atoms with van der Waals surface area (Å²) in [6, 6.07) is 0. The van der Waals surface area contributed by atoms with Gasteiger partial charge >= 0.3 is 0 Å². The van der Waals surface area contributed by atoms with E-state index in [2.05, 4.69) is 12.2 Å². The number of thiocarbonyl (C=S) groups is 1. The van der Waals surface area contributed by atoms with Crippen molar-refractivity contribution < 1.29 is 18.7 Å². The molecule has 0 aliphatic rings.